The standard InChI is InChI=1S/C17H15F3N4O/c1-9(11-3-5-12(6-4-11)17(18,19)20)13-7-15(24-23-13)14-8-16(25)22-10(2)21-14/h3-9H,1-2H3,(H,23,24)(H,21,22,25). The van der Waals surface area contributed by atoms with Crippen molar-refractivity contribution >= 4 is 0 Å². The number of aromatic amines is 2. The molecule has 0 fully saturated rings. The molecule has 130 valence electrons. The van der Waals surface area contributed by atoms with E-state index in [-0.39, 0.29) is 11.5 Å². The van der Waals surface area contributed by atoms with E-state index in [0.29, 0.717) is 28.5 Å². The van der Waals surface area contributed by atoms with Gasteiger partial charge in [0.15, 0.2) is 0 Å². The molecule has 2 N–H and O–H groups in total. The lowest BCUT2D eigenvalue weighted by Crippen LogP contribution is -2.08. The Bertz CT molecular complexity index is 942. The van der Waals surface area contributed by atoms with Crippen LogP contribution in [0.3, 0.4) is 0 Å². The molecule has 1 aromatic carbocycles. The number of aromatic nitrogens is 4. The van der Waals surface area contributed by atoms with Gasteiger partial charge in [0.1, 0.15) is 5.82 Å². The quantitative estimate of drug-likeness (QED) is 0.759. The molecule has 0 aliphatic rings. The zero-order valence-electron chi connectivity index (χ0n) is 13.5. The summed E-state index contributed by atoms with van der Waals surface area (Å²) in [7, 11) is 0. The van der Waals surface area contributed by atoms with Gasteiger partial charge in [-0.3, -0.25) is 9.89 Å². The second-order valence-electron chi connectivity index (χ2n) is 5.76. The van der Waals surface area contributed by atoms with E-state index in [1.807, 2.05) is 6.92 Å². The van der Waals surface area contributed by atoms with Gasteiger partial charge in [-0.2, -0.15) is 18.3 Å². The zero-order chi connectivity index (χ0) is 18.2. The molecule has 3 aromatic rings. The number of hydrogen-bond donors (Lipinski definition) is 2. The molecule has 0 saturated carbocycles. The highest BCUT2D eigenvalue weighted by molar-refractivity contribution is 5.54. The molecule has 3 rings (SSSR count). The summed E-state index contributed by atoms with van der Waals surface area (Å²) in [5, 5.41) is 7.02. The summed E-state index contributed by atoms with van der Waals surface area (Å²) < 4.78 is 37.9. The van der Waals surface area contributed by atoms with E-state index in [4.69, 9.17) is 0 Å². The van der Waals surface area contributed by atoms with Crippen LogP contribution in [0.25, 0.3) is 11.4 Å². The smallest absolute Gasteiger partial charge is 0.311 e. The van der Waals surface area contributed by atoms with Crippen LogP contribution in [0.15, 0.2) is 41.2 Å². The van der Waals surface area contributed by atoms with Gasteiger partial charge in [-0.05, 0) is 30.7 Å². The summed E-state index contributed by atoms with van der Waals surface area (Å²) in [6.07, 6.45) is -4.36. The van der Waals surface area contributed by atoms with Crippen LogP contribution in [0.2, 0.25) is 0 Å². The minimum Gasteiger partial charge on any atom is -0.311 e. The van der Waals surface area contributed by atoms with Crippen molar-refractivity contribution in [3.8, 4) is 11.4 Å². The molecule has 0 spiro atoms. The Morgan fingerprint density at radius 2 is 1.80 bits per heavy atom. The van der Waals surface area contributed by atoms with Gasteiger partial charge in [0.05, 0.1) is 22.6 Å². The van der Waals surface area contributed by atoms with Crippen molar-refractivity contribution in [3.05, 3.63) is 69.4 Å². The Labute approximate surface area is 141 Å². The van der Waals surface area contributed by atoms with E-state index < -0.39 is 11.7 Å². The van der Waals surface area contributed by atoms with E-state index in [0.717, 1.165) is 12.1 Å². The SMILES string of the molecule is Cc1nc(-c2cc(C(C)c3ccc(C(F)(F)F)cc3)n[nH]2)cc(=O)[nH]1. The number of nitrogens with zero attached hydrogens (tertiary/aromatic N) is 2. The number of H-pyrrole nitrogens is 2. The first-order chi connectivity index (χ1) is 11.7. The summed E-state index contributed by atoms with van der Waals surface area (Å²) in [4.78, 5) is 18.3. The van der Waals surface area contributed by atoms with Gasteiger partial charge in [-0.15, -0.1) is 0 Å². The summed E-state index contributed by atoms with van der Waals surface area (Å²) >= 11 is 0. The normalized spacial score (nSPS) is 13.0. The highest BCUT2D eigenvalue weighted by atomic mass is 19.4. The highest BCUT2D eigenvalue weighted by Crippen LogP contribution is 2.31. The van der Waals surface area contributed by atoms with Gasteiger partial charge >= 0.3 is 6.18 Å². The lowest BCUT2D eigenvalue weighted by atomic mass is 9.96. The van der Waals surface area contributed by atoms with Crippen LogP contribution < -0.4 is 5.56 Å². The predicted octanol–water partition coefficient (Wildman–Crippen LogP) is 3.64. The monoisotopic (exact) mass is 348 g/mol. The van der Waals surface area contributed by atoms with Crippen LogP contribution in [-0.4, -0.2) is 20.2 Å². The summed E-state index contributed by atoms with van der Waals surface area (Å²) in [6.45, 7) is 3.52. The van der Waals surface area contributed by atoms with Crippen molar-refractivity contribution in [2.75, 3.05) is 0 Å². The zero-order valence-corrected chi connectivity index (χ0v) is 13.5. The largest absolute Gasteiger partial charge is 0.416 e. The second kappa shape index (κ2) is 6.19. The molecule has 2 heterocycles. The highest BCUT2D eigenvalue weighted by Gasteiger charge is 2.30. The maximum absolute atomic E-state index is 12.6. The number of hydrogen-bond acceptors (Lipinski definition) is 3. The Morgan fingerprint density at radius 1 is 1.12 bits per heavy atom. The molecule has 0 bridgehead atoms. The molecular formula is C17H15F3N4O. The molecule has 0 amide bonds. The van der Waals surface area contributed by atoms with E-state index in [2.05, 4.69) is 20.2 Å². The maximum atomic E-state index is 12.6. The first-order valence-electron chi connectivity index (χ1n) is 7.55. The lowest BCUT2D eigenvalue weighted by Gasteiger charge is -2.11. The fourth-order valence-corrected chi connectivity index (χ4v) is 2.54. The Kier molecular flexibility index (Phi) is 4.20. The molecule has 25 heavy (non-hydrogen) atoms. The van der Waals surface area contributed by atoms with E-state index in [1.54, 1.807) is 13.0 Å². The fourth-order valence-electron chi connectivity index (χ4n) is 2.54. The predicted molar refractivity (Wildman–Crippen MR) is 86.1 cm³/mol. The third kappa shape index (κ3) is 3.62. The average molecular weight is 348 g/mol. The number of benzene rings is 1. The van der Waals surface area contributed by atoms with Crippen LogP contribution in [-0.2, 0) is 6.18 Å². The summed E-state index contributed by atoms with van der Waals surface area (Å²) in [5.74, 6) is 0.268. The van der Waals surface area contributed by atoms with Crippen molar-refractivity contribution in [2.45, 2.75) is 25.9 Å². The number of halogens is 3. The Balaban J connectivity index is 1.87. The maximum Gasteiger partial charge on any atom is 0.416 e. The summed E-state index contributed by atoms with van der Waals surface area (Å²) in [6, 6.07) is 8.09. The molecule has 0 aliphatic carbocycles. The van der Waals surface area contributed by atoms with E-state index in [9.17, 15) is 18.0 Å². The molecule has 2 aromatic heterocycles. The number of rotatable bonds is 3. The van der Waals surface area contributed by atoms with Crippen molar-refractivity contribution < 1.29 is 13.2 Å². The molecule has 8 heteroatoms. The van der Waals surface area contributed by atoms with Crippen LogP contribution in [0, 0.1) is 6.92 Å². The van der Waals surface area contributed by atoms with E-state index in [1.165, 1.54) is 18.2 Å². The Morgan fingerprint density at radius 3 is 2.40 bits per heavy atom. The van der Waals surface area contributed by atoms with Crippen molar-refractivity contribution in [1.82, 2.24) is 20.2 Å². The van der Waals surface area contributed by atoms with Gasteiger partial charge in [0.2, 0.25) is 0 Å². The molecule has 0 saturated heterocycles. The minimum atomic E-state index is -4.36. The third-order valence-electron chi connectivity index (χ3n) is 3.92. The van der Waals surface area contributed by atoms with Crippen LogP contribution in [0.4, 0.5) is 13.2 Å². The molecule has 5 nitrogen and oxygen atoms in total. The molecule has 1 atom stereocenters. The lowest BCUT2D eigenvalue weighted by molar-refractivity contribution is -0.137. The first-order valence-corrected chi connectivity index (χ1v) is 7.55. The average Bonchev–Trinajstić information content (AvgIpc) is 3.02. The Hall–Kier alpha value is -2.90. The fraction of sp³-hybridized carbons (Fsp3) is 0.235. The van der Waals surface area contributed by atoms with E-state index >= 15 is 0 Å². The van der Waals surface area contributed by atoms with Gasteiger partial charge in [0, 0.05) is 12.0 Å². The van der Waals surface area contributed by atoms with Crippen LogP contribution in [0.5, 0.6) is 0 Å². The number of alkyl halides is 3. The van der Waals surface area contributed by atoms with Crippen molar-refractivity contribution in [1.29, 1.82) is 0 Å². The number of nitrogens with one attached hydrogen (secondary N) is 2. The topological polar surface area (TPSA) is 74.4 Å². The second-order valence-corrected chi connectivity index (χ2v) is 5.76. The van der Waals surface area contributed by atoms with Crippen LogP contribution in [0.1, 0.15) is 35.5 Å². The number of aryl methyl sites for hydroxylation is 1. The van der Waals surface area contributed by atoms with Gasteiger partial charge < -0.3 is 4.98 Å². The van der Waals surface area contributed by atoms with Gasteiger partial charge in [0.25, 0.3) is 5.56 Å². The minimum absolute atomic E-state index is 0.213. The summed E-state index contributed by atoms with van der Waals surface area (Å²) in [5.41, 5.74) is 1.43. The molecule has 0 radical (unpaired) electrons. The van der Waals surface area contributed by atoms with Gasteiger partial charge in [-0.1, -0.05) is 19.1 Å². The van der Waals surface area contributed by atoms with Gasteiger partial charge in [-0.25, -0.2) is 4.98 Å². The first kappa shape index (κ1) is 16.9. The molecule has 0 aliphatic heterocycles. The van der Waals surface area contributed by atoms with Crippen molar-refractivity contribution in [2.24, 2.45) is 0 Å². The van der Waals surface area contributed by atoms with Crippen LogP contribution >= 0.6 is 0 Å². The molecular weight excluding hydrogens is 333 g/mol. The third-order valence-corrected chi connectivity index (χ3v) is 3.92. The van der Waals surface area contributed by atoms with Crippen molar-refractivity contribution in [3.63, 3.8) is 0 Å². The molecule has 1 unspecified atom stereocenters.